The summed E-state index contributed by atoms with van der Waals surface area (Å²) in [5.41, 5.74) is 7.27. The molecule has 0 saturated heterocycles. The summed E-state index contributed by atoms with van der Waals surface area (Å²) in [6.45, 7) is 3.77. The fraction of sp³-hybridized carbons (Fsp3) is 0.455. The second-order valence-electron chi connectivity index (χ2n) is 4.14. The molecule has 0 amide bonds. The van der Waals surface area contributed by atoms with Gasteiger partial charge in [0.2, 0.25) is 0 Å². The van der Waals surface area contributed by atoms with Crippen LogP contribution in [0.3, 0.4) is 0 Å². The van der Waals surface area contributed by atoms with Crippen molar-refractivity contribution in [3.63, 3.8) is 0 Å². The van der Waals surface area contributed by atoms with Gasteiger partial charge in [0.05, 0.1) is 4.75 Å². The van der Waals surface area contributed by atoms with Crippen molar-refractivity contribution in [3.05, 3.63) is 35.4 Å². The highest BCUT2D eigenvalue weighted by Crippen LogP contribution is 2.31. The number of hydrogen-bond donors (Lipinski definition) is 1. The maximum absolute atomic E-state index is 11.7. The Labute approximate surface area is 91.2 Å². The molecule has 2 N–H and O–H groups in total. The topological polar surface area (TPSA) is 60.2 Å². The van der Waals surface area contributed by atoms with Crippen LogP contribution in [0, 0.1) is 0 Å². The molecule has 4 heteroatoms. The second-order valence-corrected chi connectivity index (χ2v) is 6.71. The summed E-state index contributed by atoms with van der Waals surface area (Å²) in [5.74, 6) is 0. The minimum atomic E-state index is -3.14. The molecule has 84 valence electrons. The highest BCUT2D eigenvalue weighted by molar-refractivity contribution is 7.91. The van der Waals surface area contributed by atoms with Crippen LogP contribution in [0.25, 0.3) is 0 Å². The molecule has 0 radical (unpaired) electrons. The Balaban J connectivity index is 3.39. The van der Waals surface area contributed by atoms with Crippen LogP contribution in [0.4, 0.5) is 0 Å². The Morgan fingerprint density at radius 3 is 2.27 bits per heavy atom. The van der Waals surface area contributed by atoms with Gasteiger partial charge in [0, 0.05) is 12.8 Å². The Morgan fingerprint density at radius 1 is 1.27 bits per heavy atom. The third-order valence-corrected chi connectivity index (χ3v) is 4.89. The van der Waals surface area contributed by atoms with Crippen LogP contribution in [-0.2, 0) is 21.1 Å². The molecule has 0 saturated carbocycles. The first-order chi connectivity index (χ1) is 6.80. The minimum absolute atomic E-state index is 0.356. The van der Waals surface area contributed by atoms with E-state index in [1.54, 1.807) is 13.8 Å². The van der Waals surface area contributed by atoms with Crippen molar-refractivity contribution in [1.29, 1.82) is 0 Å². The maximum atomic E-state index is 11.7. The van der Waals surface area contributed by atoms with Crippen molar-refractivity contribution in [3.8, 4) is 0 Å². The van der Waals surface area contributed by atoms with E-state index in [0.717, 1.165) is 11.1 Å². The van der Waals surface area contributed by atoms with Crippen LogP contribution in [0.5, 0.6) is 0 Å². The van der Waals surface area contributed by atoms with E-state index in [0.29, 0.717) is 6.54 Å². The standard InChI is InChI=1S/C11H17NO2S/c1-11(2,15(3,13)14)10-7-5-4-6-9(10)8-12/h4-7H,8,12H2,1-3H3. The van der Waals surface area contributed by atoms with E-state index in [1.807, 2.05) is 24.3 Å². The Bertz CT molecular complexity index is 449. The molecule has 0 aliphatic carbocycles. The van der Waals surface area contributed by atoms with Crippen LogP contribution in [-0.4, -0.2) is 14.7 Å². The molecule has 0 fully saturated rings. The average Bonchev–Trinajstić information content (AvgIpc) is 2.16. The molecule has 0 heterocycles. The summed E-state index contributed by atoms with van der Waals surface area (Å²) in [5, 5.41) is 0. The van der Waals surface area contributed by atoms with Crippen molar-refractivity contribution < 1.29 is 8.42 Å². The molecule has 15 heavy (non-hydrogen) atoms. The van der Waals surface area contributed by atoms with Crippen molar-refractivity contribution in [1.82, 2.24) is 0 Å². The Kier molecular flexibility index (Phi) is 3.21. The lowest BCUT2D eigenvalue weighted by atomic mass is 9.96. The van der Waals surface area contributed by atoms with Crippen LogP contribution in [0.15, 0.2) is 24.3 Å². The van der Waals surface area contributed by atoms with Gasteiger partial charge in [-0.1, -0.05) is 24.3 Å². The molecule has 0 aromatic heterocycles. The van der Waals surface area contributed by atoms with Gasteiger partial charge in [-0.25, -0.2) is 8.42 Å². The molecule has 0 bridgehead atoms. The van der Waals surface area contributed by atoms with Gasteiger partial charge in [0.25, 0.3) is 0 Å². The van der Waals surface area contributed by atoms with Crippen molar-refractivity contribution in [2.24, 2.45) is 5.73 Å². The molecule has 1 aromatic carbocycles. The quantitative estimate of drug-likeness (QED) is 0.849. The molecule has 3 nitrogen and oxygen atoms in total. The summed E-state index contributed by atoms with van der Waals surface area (Å²) >= 11 is 0. The number of benzene rings is 1. The van der Waals surface area contributed by atoms with Crippen LogP contribution in [0.1, 0.15) is 25.0 Å². The van der Waals surface area contributed by atoms with Crippen LogP contribution >= 0.6 is 0 Å². The van der Waals surface area contributed by atoms with Gasteiger partial charge in [-0.05, 0) is 25.0 Å². The zero-order chi connectivity index (χ0) is 11.7. The number of hydrogen-bond acceptors (Lipinski definition) is 3. The summed E-state index contributed by atoms with van der Waals surface area (Å²) in [7, 11) is -3.14. The van der Waals surface area contributed by atoms with Gasteiger partial charge in [-0.3, -0.25) is 0 Å². The van der Waals surface area contributed by atoms with E-state index in [9.17, 15) is 8.42 Å². The molecule has 0 aliphatic heterocycles. The van der Waals surface area contributed by atoms with E-state index < -0.39 is 14.6 Å². The van der Waals surface area contributed by atoms with Gasteiger partial charge in [0.1, 0.15) is 0 Å². The van der Waals surface area contributed by atoms with Crippen molar-refractivity contribution >= 4 is 9.84 Å². The predicted octanol–water partition coefficient (Wildman–Crippen LogP) is 1.43. The van der Waals surface area contributed by atoms with Crippen LogP contribution < -0.4 is 5.73 Å². The fourth-order valence-electron chi connectivity index (χ4n) is 1.49. The Morgan fingerprint density at radius 2 is 1.80 bits per heavy atom. The molecule has 0 aliphatic rings. The molecule has 1 aromatic rings. The second kappa shape index (κ2) is 3.94. The lowest BCUT2D eigenvalue weighted by molar-refractivity contribution is 0.560. The van der Waals surface area contributed by atoms with Crippen molar-refractivity contribution in [2.45, 2.75) is 25.1 Å². The lowest BCUT2D eigenvalue weighted by Crippen LogP contribution is -2.29. The third kappa shape index (κ3) is 2.21. The molecular formula is C11H17NO2S. The molecular weight excluding hydrogens is 210 g/mol. The van der Waals surface area contributed by atoms with E-state index in [-0.39, 0.29) is 0 Å². The summed E-state index contributed by atoms with van der Waals surface area (Å²) < 4.78 is 22.5. The zero-order valence-electron chi connectivity index (χ0n) is 9.32. The number of nitrogens with two attached hydrogens (primary N) is 1. The average molecular weight is 227 g/mol. The zero-order valence-corrected chi connectivity index (χ0v) is 10.1. The van der Waals surface area contributed by atoms with E-state index in [2.05, 4.69) is 0 Å². The monoisotopic (exact) mass is 227 g/mol. The number of sulfone groups is 1. The van der Waals surface area contributed by atoms with Gasteiger partial charge in [0.15, 0.2) is 9.84 Å². The smallest absolute Gasteiger partial charge is 0.156 e. The van der Waals surface area contributed by atoms with E-state index in [4.69, 9.17) is 5.73 Å². The fourth-order valence-corrected chi connectivity index (χ4v) is 2.08. The number of rotatable bonds is 3. The molecule has 0 unspecified atom stereocenters. The highest BCUT2D eigenvalue weighted by atomic mass is 32.2. The molecule has 0 atom stereocenters. The van der Waals surface area contributed by atoms with Crippen LogP contribution in [0.2, 0.25) is 0 Å². The van der Waals surface area contributed by atoms with Gasteiger partial charge in [-0.2, -0.15) is 0 Å². The first kappa shape index (κ1) is 12.2. The minimum Gasteiger partial charge on any atom is -0.326 e. The summed E-state index contributed by atoms with van der Waals surface area (Å²) in [6.07, 6.45) is 1.25. The molecule has 1 rings (SSSR count). The maximum Gasteiger partial charge on any atom is 0.156 e. The summed E-state index contributed by atoms with van der Waals surface area (Å²) in [4.78, 5) is 0. The molecule has 0 spiro atoms. The van der Waals surface area contributed by atoms with Crippen molar-refractivity contribution in [2.75, 3.05) is 6.26 Å². The largest absolute Gasteiger partial charge is 0.326 e. The highest BCUT2D eigenvalue weighted by Gasteiger charge is 2.33. The van der Waals surface area contributed by atoms with Gasteiger partial charge in [-0.15, -0.1) is 0 Å². The van der Waals surface area contributed by atoms with Gasteiger partial charge < -0.3 is 5.73 Å². The first-order valence-electron chi connectivity index (χ1n) is 4.78. The third-order valence-electron chi connectivity index (χ3n) is 2.81. The lowest BCUT2D eigenvalue weighted by Gasteiger charge is -2.25. The Hall–Kier alpha value is -0.870. The summed E-state index contributed by atoms with van der Waals surface area (Å²) in [6, 6.07) is 7.39. The predicted molar refractivity (Wildman–Crippen MR) is 62.2 cm³/mol. The van der Waals surface area contributed by atoms with E-state index >= 15 is 0 Å². The first-order valence-corrected chi connectivity index (χ1v) is 6.68. The van der Waals surface area contributed by atoms with Gasteiger partial charge >= 0.3 is 0 Å². The van der Waals surface area contributed by atoms with E-state index in [1.165, 1.54) is 6.26 Å². The SMILES string of the molecule is CC(C)(c1ccccc1CN)S(C)(=O)=O. The normalized spacial score (nSPS) is 12.8.